The van der Waals surface area contributed by atoms with Gasteiger partial charge in [0.1, 0.15) is 23.3 Å². The topological polar surface area (TPSA) is 96.1 Å². The maximum atomic E-state index is 5.50. The van der Waals surface area contributed by atoms with Crippen molar-refractivity contribution < 1.29 is 14.2 Å². The summed E-state index contributed by atoms with van der Waals surface area (Å²) in [5, 5.41) is 0. The fourth-order valence-corrected chi connectivity index (χ4v) is 0.659. The molecule has 6 nitrogen and oxygen atoms in total. The first-order chi connectivity index (χ1) is 5.86. The second-order valence-corrected chi connectivity index (χ2v) is 2.56. The predicted octanol–water partition coefficient (Wildman–Crippen LogP) is -0.0839. The van der Waals surface area contributed by atoms with Crippen LogP contribution in [0, 0.1) is 11.1 Å². The van der Waals surface area contributed by atoms with Gasteiger partial charge in [0.05, 0.1) is 26.4 Å². The zero-order valence-corrected chi connectivity index (χ0v) is 6.66. The molecule has 2 aliphatic heterocycles. The minimum absolute atomic E-state index is 0.392. The third-order valence-electron chi connectivity index (χ3n) is 1.41. The number of hydrogen-bond acceptors (Lipinski definition) is 5. The Kier molecular flexibility index (Phi) is 3.83. The number of epoxide rings is 2. The highest BCUT2D eigenvalue weighted by molar-refractivity contribution is 4.71. The van der Waals surface area contributed by atoms with E-state index < -0.39 is 0 Å². The second-order valence-electron chi connectivity index (χ2n) is 2.56. The number of nitrogens with zero attached hydrogens (tertiary/aromatic N) is 1. The smallest absolute Gasteiger partial charge is 0.211 e. The first kappa shape index (κ1) is 9.28. The molecular weight excluding hydrogens is 162 g/mol. The molecule has 68 valence electrons. The van der Waals surface area contributed by atoms with Crippen LogP contribution in [0.2, 0.25) is 0 Å². The Morgan fingerprint density at radius 2 is 1.50 bits per heavy atom. The van der Waals surface area contributed by atoms with Crippen LogP contribution in [0.5, 0.6) is 0 Å². The summed E-state index contributed by atoms with van der Waals surface area (Å²) >= 11 is 0. The van der Waals surface area contributed by atoms with Gasteiger partial charge in [-0.1, -0.05) is 0 Å². The molecule has 2 atom stereocenters. The molecule has 2 fully saturated rings. The van der Waals surface area contributed by atoms with Gasteiger partial charge >= 0.3 is 0 Å². The molecule has 0 radical (unpaired) electrons. The largest absolute Gasteiger partial charge is 0.376 e. The Bertz CT molecular complexity index is 149. The Morgan fingerprint density at radius 3 is 1.75 bits per heavy atom. The Morgan fingerprint density at radius 1 is 1.17 bits per heavy atom. The summed E-state index contributed by atoms with van der Waals surface area (Å²) in [7, 11) is 0. The summed E-state index contributed by atoms with van der Waals surface area (Å²) in [6.07, 6.45) is 0.785. The first-order valence-electron chi connectivity index (χ1n) is 3.71. The fraction of sp³-hybridized carbons (Fsp3) is 1.00. The van der Waals surface area contributed by atoms with Crippen LogP contribution in [0.3, 0.4) is 0 Å². The van der Waals surface area contributed by atoms with Gasteiger partial charge in [-0.25, -0.2) is 0 Å². The average molecular weight is 174 g/mol. The van der Waals surface area contributed by atoms with Gasteiger partial charge in [0, 0.05) is 0 Å². The summed E-state index contributed by atoms with van der Waals surface area (Å²) in [5.74, 6) is 0. The van der Waals surface area contributed by atoms with E-state index in [1.807, 2.05) is 4.91 Å². The van der Waals surface area contributed by atoms with Crippen molar-refractivity contribution in [3.8, 4) is 0 Å². The monoisotopic (exact) mass is 174 g/mol. The zero-order chi connectivity index (χ0) is 8.81. The van der Waals surface area contributed by atoms with Crippen molar-refractivity contribution in [1.82, 2.24) is 4.91 Å². The third-order valence-corrected chi connectivity index (χ3v) is 1.41. The van der Waals surface area contributed by atoms with Crippen LogP contribution in [0.25, 0.3) is 0 Å². The van der Waals surface area contributed by atoms with Crippen molar-refractivity contribution in [2.75, 3.05) is 26.4 Å². The lowest BCUT2D eigenvalue weighted by molar-refractivity contribution is 0.102. The van der Waals surface area contributed by atoms with E-state index in [0.29, 0.717) is 12.2 Å². The quantitative estimate of drug-likeness (QED) is 0.354. The van der Waals surface area contributed by atoms with Gasteiger partial charge in [0.25, 0.3) is 0 Å². The molecule has 6 heteroatoms. The molecule has 0 saturated carbocycles. The Hall–Kier alpha value is -0.810. The van der Waals surface area contributed by atoms with Crippen molar-refractivity contribution in [3.05, 3.63) is 0 Å². The lowest BCUT2D eigenvalue weighted by atomic mass is 10.5. The van der Waals surface area contributed by atoms with Crippen LogP contribution >= 0.6 is 0 Å². The second kappa shape index (κ2) is 4.95. The van der Waals surface area contributed by atoms with Gasteiger partial charge in [-0.2, -0.15) is 0 Å². The third kappa shape index (κ3) is 4.92. The summed E-state index contributed by atoms with van der Waals surface area (Å²) in [4.78, 5) is 2.00. The van der Waals surface area contributed by atoms with Crippen LogP contribution in [0.4, 0.5) is 0 Å². The highest BCUT2D eigenvalue weighted by atomic mass is 16.6. The predicted molar refractivity (Wildman–Crippen MR) is 37.9 cm³/mol. The lowest BCUT2D eigenvalue weighted by Gasteiger charge is -1.95. The normalized spacial score (nSPS) is 29.7. The van der Waals surface area contributed by atoms with Gasteiger partial charge in [0.2, 0.25) is 4.91 Å². The molecule has 2 unspecified atom stereocenters. The van der Waals surface area contributed by atoms with Gasteiger partial charge in [-0.15, -0.1) is 0 Å². The first-order valence-corrected chi connectivity index (χ1v) is 3.71. The minimum atomic E-state index is 0.392. The molecule has 0 aromatic rings. The molecule has 0 aromatic carbocycles. The van der Waals surface area contributed by atoms with E-state index in [9.17, 15) is 0 Å². The maximum absolute atomic E-state index is 5.50. The van der Waals surface area contributed by atoms with E-state index in [-0.39, 0.29) is 0 Å². The average Bonchev–Trinajstić information content (AvgIpc) is 2.82. The van der Waals surface area contributed by atoms with E-state index in [1.54, 1.807) is 0 Å². The highest BCUT2D eigenvalue weighted by Crippen LogP contribution is 2.12. The van der Waals surface area contributed by atoms with Crippen LogP contribution in [-0.4, -0.2) is 38.6 Å². The molecule has 0 amide bonds. The maximum Gasteiger partial charge on any atom is 0.211 e. The molecule has 0 spiro atoms. The van der Waals surface area contributed by atoms with Crippen molar-refractivity contribution in [2.45, 2.75) is 12.2 Å². The molecule has 2 aliphatic rings. The molecule has 0 aliphatic carbocycles. The molecule has 0 aromatic heterocycles. The van der Waals surface area contributed by atoms with Crippen LogP contribution in [0.15, 0.2) is 0 Å². The van der Waals surface area contributed by atoms with Crippen molar-refractivity contribution >= 4 is 0 Å². The molecular formula is C6H12N3O3+. The highest BCUT2D eigenvalue weighted by Gasteiger charge is 2.26. The molecule has 2 rings (SSSR count). The van der Waals surface area contributed by atoms with Crippen molar-refractivity contribution in [1.29, 1.82) is 11.1 Å². The van der Waals surface area contributed by atoms with Crippen molar-refractivity contribution in [3.63, 3.8) is 0 Å². The van der Waals surface area contributed by atoms with E-state index >= 15 is 0 Å². The molecule has 0 bridgehead atoms. The van der Waals surface area contributed by atoms with Gasteiger partial charge in [-0.05, 0) is 0 Å². The Balaban J connectivity index is 0.000000213. The van der Waals surface area contributed by atoms with Gasteiger partial charge < -0.3 is 14.2 Å². The van der Waals surface area contributed by atoms with Crippen LogP contribution < -0.4 is 4.91 Å². The van der Waals surface area contributed by atoms with E-state index in [4.69, 9.17) is 25.3 Å². The van der Waals surface area contributed by atoms with Gasteiger partial charge in [-0.3, -0.25) is 0 Å². The number of nitrogens with one attached hydrogen (secondary N) is 2. The number of hydrogen-bond donors (Lipinski definition) is 2. The lowest BCUT2D eigenvalue weighted by Crippen LogP contribution is -2.06. The minimum Gasteiger partial charge on any atom is -0.376 e. The fourth-order valence-electron chi connectivity index (χ4n) is 0.659. The summed E-state index contributed by atoms with van der Waals surface area (Å²) in [5.41, 5.74) is 11.0. The van der Waals surface area contributed by atoms with Crippen molar-refractivity contribution in [2.24, 2.45) is 0 Å². The summed E-state index contributed by atoms with van der Waals surface area (Å²) < 4.78 is 15.1. The zero-order valence-electron chi connectivity index (χ0n) is 6.66. The van der Waals surface area contributed by atoms with Gasteiger partial charge in [0.15, 0.2) is 0 Å². The van der Waals surface area contributed by atoms with E-state index in [1.165, 1.54) is 0 Å². The van der Waals surface area contributed by atoms with E-state index in [2.05, 4.69) is 0 Å². The van der Waals surface area contributed by atoms with Crippen LogP contribution in [-0.2, 0) is 14.2 Å². The SMILES string of the molecule is C(OCC1CO1)C1CO1.N=[N+]=N. The van der Waals surface area contributed by atoms with E-state index in [0.717, 1.165) is 26.4 Å². The molecule has 2 saturated heterocycles. The number of ether oxygens (including phenoxy) is 3. The molecule has 2 heterocycles. The standard InChI is InChI=1S/C6H10O3.H2N3/c1(5-3-8-5)7-2-6-4-9-6;1-3-2/h5-6H,1-4H2;1-2H/q;+1. The molecule has 12 heavy (non-hydrogen) atoms. The van der Waals surface area contributed by atoms with Crippen LogP contribution in [0.1, 0.15) is 0 Å². The Labute approximate surface area is 69.8 Å². The summed E-state index contributed by atoms with van der Waals surface area (Å²) in [6, 6.07) is 0. The molecule has 2 N–H and O–H groups in total. The number of rotatable bonds is 4. The summed E-state index contributed by atoms with van der Waals surface area (Å²) in [6.45, 7) is 3.26.